The molecule has 0 amide bonds. The molecule has 0 aromatic heterocycles. The van der Waals surface area contributed by atoms with Crippen molar-refractivity contribution in [3.8, 4) is 0 Å². The number of hydrogen-bond donors (Lipinski definition) is 1. The first kappa shape index (κ1) is 54.3. The van der Waals surface area contributed by atoms with E-state index in [0.29, 0.717) is 12.8 Å². The minimum Gasteiger partial charge on any atom is -0.462 e. The Kier molecular flexibility index (Phi) is 44.6. The molecule has 0 saturated carbocycles. The summed E-state index contributed by atoms with van der Waals surface area (Å²) in [4.78, 5) is 24.2. The molecule has 0 spiro atoms. The molecular formula is C53H84O5. The minimum absolute atomic E-state index is 0.0822. The summed E-state index contributed by atoms with van der Waals surface area (Å²) in [6.07, 6.45) is 70.0. The first-order valence-corrected chi connectivity index (χ1v) is 23.1. The van der Waals surface area contributed by atoms with E-state index in [1.165, 1.54) is 38.5 Å². The number of unbranched alkanes of at least 4 members (excludes halogenated alkanes) is 12. The Morgan fingerprint density at radius 2 is 0.741 bits per heavy atom. The predicted molar refractivity (Wildman–Crippen MR) is 251 cm³/mol. The van der Waals surface area contributed by atoms with Gasteiger partial charge in [0.05, 0.1) is 6.61 Å². The molecule has 0 aliphatic rings. The number of esters is 2. The van der Waals surface area contributed by atoms with Crippen LogP contribution in [0.2, 0.25) is 0 Å². The van der Waals surface area contributed by atoms with Crippen LogP contribution in [0.15, 0.2) is 122 Å². The quantitative estimate of drug-likeness (QED) is 0.0380. The highest BCUT2D eigenvalue weighted by Gasteiger charge is 2.16. The second-order valence-electron chi connectivity index (χ2n) is 14.8. The van der Waals surface area contributed by atoms with Crippen molar-refractivity contribution >= 4 is 11.9 Å². The van der Waals surface area contributed by atoms with E-state index >= 15 is 0 Å². The van der Waals surface area contributed by atoms with Gasteiger partial charge in [-0.05, 0) is 89.9 Å². The van der Waals surface area contributed by atoms with E-state index in [9.17, 15) is 14.7 Å². The number of aliphatic hydroxyl groups excluding tert-OH is 1. The molecule has 58 heavy (non-hydrogen) atoms. The lowest BCUT2D eigenvalue weighted by Gasteiger charge is -2.15. The molecule has 5 nitrogen and oxygen atoms in total. The minimum atomic E-state index is -0.790. The summed E-state index contributed by atoms with van der Waals surface area (Å²) in [5, 5.41) is 9.55. The zero-order valence-electron chi connectivity index (χ0n) is 37.0. The van der Waals surface area contributed by atoms with E-state index in [4.69, 9.17) is 9.47 Å². The Labute approximate surface area is 356 Å². The van der Waals surface area contributed by atoms with Crippen LogP contribution in [0.5, 0.6) is 0 Å². The summed E-state index contributed by atoms with van der Waals surface area (Å²) in [6.45, 7) is 3.96. The fourth-order valence-electron chi connectivity index (χ4n) is 5.82. The number of hydrogen-bond acceptors (Lipinski definition) is 5. The molecule has 0 aromatic rings. The summed E-state index contributed by atoms with van der Waals surface area (Å²) < 4.78 is 10.6. The highest BCUT2D eigenvalue weighted by atomic mass is 16.6. The predicted octanol–water partition coefficient (Wildman–Crippen LogP) is 15.2. The Morgan fingerprint density at radius 1 is 0.414 bits per heavy atom. The van der Waals surface area contributed by atoms with Gasteiger partial charge in [0.1, 0.15) is 6.61 Å². The zero-order valence-corrected chi connectivity index (χ0v) is 37.0. The standard InChI is InChI=1S/C53H84O5/c1-3-5-7-9-11-13-14-15-16-17-18-19-20-21-22-23-24-25-26-27-28-29-30-31-32-33-34-35-36-37-38-40-42-44-46-48-53(56)58-51(49-54)50-57-52(55)47-45-43-41-39-12-10-8-6-4-2/h5,7,11,13,15-16,18-19,21-22,24-25,27-28,30-31,33-34,36-37,51,54H,3-4,6,8-10,12,14,17,20,23,26,29,32,35,38-50H2,1-2H3/b7-5-,13-11-,16-15-,19-18-,22-21-,25-24-,28-27-,31-30-,34-33-,37-36-. The lowest BCUT2D eigenvalue weighted by molar-refractivity contribution is -0.161. The van der Waals surface area contributed by atoms with Gasteiger partial charge in [-0.15, -0.1) is 0 Å². The second-order valence-corrected chi connectivity index (χ2v) is 14.8. The van der Waals surface area contributed by atoms with E-state index in [1.807, 2.05) is 0 Å². The lowest BCUT2D eigenvalue weighted by atomic mass is 10.1. The molecule has 0 saturated heterocycles. The maximum absolute atomic E-state index is 12.2. The van der Waals surface area contributed by atoms with Gasteiger partial charge >= 0.3 is 11.9 Å². The Balaban J connectivity index is 3.68. The monoisotopic (exact) mass is 801 g/mol. The van der Waals surface area contributed by atoms with Gasteiger partial charge in [0, 0.05) is 12.8 Å². The van der Waals surface area contributed by atoms with E-state index in [-0.39, 0.29) is 25.2 Å². The Bertz CT molecular complexity index is 1220. The molecule has 0 rings (SSSR count). The van der Waals surface area contributed by atoms with Gasteiger partial charge in [0.15, 0.2) is 6.10 Å². The Morgan fingerprint density at radius 3 is 1.12 bits per heavy atom. The highest BCUT2D eigenvalue weighted by Crippen LogP contribution is 2.12. The normalized spacial score (nSPS) is 13.4. The maximum Gasteiger partial charge on any atom is 0.306 e. The van der Waals surface area contributed by atoms with Crippen LogP contribution in [0.4, 0.5) is 0 Å². The summed E-state index contributed by atoms with van der Waals surface area (Å²) in [7, 11) is 0. The number of carbonyl (C=O) groups is 2. The van der Waals surface area contributed by atoms with Crippen LogP contribution in [-0.4, -0.2) is 36.4 Å². The molecule has 1 N–H and O–H groups in total. The number of aliphatic hydroxyl groups is 1. The van der Waals surface area contributed by atoms with Crippen molar-refractivity contribution in [2.45, 2.75) is 187 Å². The van der Waals surface area contributed by atoms with Crippen molar-refractivity contribution in [2.75, 3.05) is 13.2 Å². The third kappa shape index (κ3) is 45.0. The van der Waals surface area contributed by atoms with E-state index < -0.39 is 6.10 Å². The molecule has 0 fully saturated rings. The van der Waals surface area contributed by atoms with Crippen LogP contribution in [0.25, 0.3) is 0 Å². The van der Waals surface area contributed by atoms with Gasteiger partial charge in [-0.2, -0.15) is 0 Å². The number of ether oxygens (including phenoxy) is 2. The molecule has 1 unspecified atom stereocenters. The van der Waals surface area contributed by atoms with Crippen LogP contribution in [-0.2, 0) is 19.1 Å². The van der Waals surface area contributed by atoms with Crippen LogP contribution in [0.1, 0.15) is 181 Å². The number of allylic oxidation sites excluding steroid dienone is 20. The molecule has 5 heteroatoms. The van der Waals surface area contributed by atoms with E-state index in [2.05, 4.69) is 135 Å². The van der Waals surface area contributed by atoms with E-state index in [1.54, 1.807) is 0 Å². The Hall–Kier alpha value is -3.70. The average molecular weight is 801 g/mol. The maximum atomic E-state index is 12.2. The van der Waals surface area contributed by atoms with Crippen LogP contribution >= 0.6 is 0 Å². The van der Waals surface area contributed by atoms with Gasteiger partial charge in [-0.1, -0.05) is 200 Å². The van der Waals surface area contributed by atoms with E-state index in [0.717, 1.165) is 116 Å². The first-order valence-electron chi connectivity index (χ1n) is 23.1. The van der Waals surface area contributed by atoms with Gasteiger partial charge in [0.2, 0.25) is 0 Å². The molecule has 326 valence electrons. The summed E-state index contributed by atoms with van der Waals surface area (Å²) in [6, 6.07) is 0. The largest absolute Gasteiger partial charge is 0.462 e. The second kappa shape index (κ2) is 47.7. The van der Waals surface area contributed by atoms with Crippen molar-refractivity contribution in [1.29, 1.82) is 0 Å². The van der Waals surface area contributed by atoms with Crippen molar-refractivity contribution in [2.24, 2.45) is 0 Å². The van der Waals surface area contributed by atoms with Crippen LogP contribution in [0, 0.1) is 0 Å². The smallest absolute Gasteiger partial charge is 0.306 e. The lowest BCUT2D eigenvalue weighted by Crippen LogP contribution is -2.28. The van der Waals surface area contributed by atoms with Crippen molar-refractivity contribution < 1.29 is 24.2 Å². The molecule has 0 heterocycles. The van der Waals surface area contributed by atoms with Crippen LogP contribution < -0.4 is 0 Å². The molecule has 0 aliphatic carbocycles. The fourth-order valence-corrected chi connectivity index (χ4v) is 5.82. The number of carbonyl (C=O) groups excluding carboxylic acids is 2. The van der Waals surface area contributed by atoms with Crippen LogP contribution in [0.3, 0.4) is 0 Å². The summed E-state index contributed by atoms with van der Waals surface area (Å²) in [5.41, 5.74) is 0. The van der Waals surface area contributed by atoms with Gasteiger partial charge in [-0.25, -0.2) is 0 Å². The van der Waals surface area contributed by atoms with Crippen molar-refractivity contribution in [3.05, 3.63) is 122 Å². The van der Waals surface area contributed by atoms with Crippen molar-refractivity contribution in [3.63, 3.8) is 0 Å². The fraction of sp³-hybridized carbons (Fsp3) is 0.585. The molecule has 0 bridgehead atoms. The van der Waals surface area contributed by atoms with Crippen molar-refractivity contribution in [1.82, 2.24) is 0 Å². The molecule has 0 aliphatic heterocycles. The number of rotatable bonds is 40. The molecular weight excluding hydrogens is 717 g/mol. The molecule has 0 aromatic carbocycles. The van der Waals surface area contributed by atoms with Gasteiger partial charge in [-0.3, -0.25) is 9.59 Å². The molecule has 1 atom stereocenters. The zero-order chi connectivity index (χ0) is 42.1. The average Bonchev–Trinajstić information content (AvgIpc) is 3.23. The highest BCUT2D eigenvalue weighted by molar-refractivity contribution is 5.70. The SMILES string of the molecule is CC/C=C\C/C=C\C/C=C\C/C=C\C/C=C\C/C=C\C/C=C\C/C=C\C/C=C\C/C=C\CCCCCCC(=O)OC(CO)COC(=O)CCCCCCCCCCC. The third-order valence-corrected chi connectivity index (χ3v) is 9.27. The first-order chi connectivity index (χ1) is 28.6. The third-order valence-electron chi connectivity index (χ3n) is 9.27. The summed E-state index contributed by atoms with van der Waals surface area (Å²) in [5.74, 6) is -0.633. The van der Waals surface area contributed by atoms with Gasteiger partial charge in [0.25, 0.3) is 0 Å². The molecule has 0 radical (unpaired) electrons. The van der Waals surface area contributed by atoms with Gasteiger partial charge < -0.3 is 14.6 Å². The summed E-state index contributed by atoms with van der Waals surface area (Å²) >= 11 is 0. The topological polar surface area (TPSA) is 72.8 Å².